The Morgan fingerprint density at radius 1 is 1.24 bits per heavy atom. The van der Waals surface area contributed by atoms with Gasteiger partial charge in [0.05, 0.1) is 21.3 Å². The number of carbonyl (C=O) groups is 2. The van der Waals surface area contributed by atoms with Gasteiger partial charge in [0.2, 0.25) is 0 Å². The largest absolute Gasteiger partial charge is 0.493 e. The molecule has 0 heterocycles. The van der Waals surface area contributed by atoms with Gasteiger partial charge >= 0.3 is 12.1 Å². The van der Waals surface area contributed by atoms with Crippen molar-refractivity contribution in [2.75, 3.05) is 21.3 Å². The highest BCUT2D eigenvalue weighted by Gasteiger charge is 2.21. The van der Waals surface area contributed by atoms with Crippen LogP contribution in [0.1, 0.15) is 12.0 Å². The van der Waals surface area contributed by atoms with Crippen molar-refractivity contribution < 1.29 is 28.9 Å². The Kier molecular flexibility index (Phi) is 6.32. The minimum Gasteiger partial charge on any atom is -0.493 e. The maximum absolute atomic E-state index is 11.1. The lowest BCUT2D eigenvalue weighted by Crippen LogP contribution is -2.41. The molecule has 0 bridgehead atoms. The number of methoxy groups -OCH3 is 3. The summed E-state index contributed by atoms with van der Waals surface area (Å²) in [7, 11) is 4.22. The van der Waals surface area contributed by atoms with Gasteiger partial charge in [-0.2, -0.15) is 0 Å². The molecular weight excluding hydrogens is 278 g/mol. The molecule has 7 heteroatoms. The summed E-state index contributed by atoms with van der Waals surface area (Å²) in [6.45, 7) is 0. The topological polar surface area (TPSA) is 94.1 Å². The molecular formula is C14H19NO6. The highest BCUT2D eigenvalue weighted by atomic mass is 16.5. The van der Waals surface area contributed by atoms with Crippen LogP contribution in [0.4, 0.5) is 4.79 Å². The van der Waals surface area contributed by atoms with Crippen LogP contribution in [0.2, 0.25) is 0 Å². The van der Waals surface area contributed by atoms with E-state index in [1.165, 1.54) is 21.3 Å². The van der Waals surface area contributed by atoms with Gasteiger partial charge < -0.3 is 24.6 Å². The molecule has 1 aromatic carbocycles. The number of amides is 1. The number of aliphatic carboxylic acids is 1. The van der Waals surface area contributed by atoms with Crippen LogP contribution in [-0.2, 0) is 16.0 Å². The van der Waals surface area contributed by atoms with Gasteiger partial charge in [0, 0.05) is 0 Å². The number of carbonyl (C=O) groups excluding carboxylic acids is 1. The van der Waals surface area contributed by atoms with E-state index in [2.05, 4.69) is 10.1 Å². The Morgan fingerprint density at radius 3 is 2.48 bits per heavy atom. The fraction of sp³-hybridized carbons (Fsp3) is 0.429. The van der Waals surface area contributed by atoms with Gasteiger partial charge in [-0.25, -0.2) is 9.59 Å². The Bertz CT molecular complexity index is 502. The van der Waals surface area contributed by atoms with Crippen LogP contribution in [0.5, 0.6) is 11.5 Å². The van der Waals surface area contributed by atoms with Crippen molar-refractivity contribution in [1.29, 1.82) is 0 Å². The highest BCUT2D eigenvalue weighted by Crippen LogP contribution is 2.31. The summed E-state index contributed by atoms with van der Waals surface area (Å²) in [6, 6.07) is 4.33. The quantitative estimate of drug-likeness (QED) is 0.791. The van der Waals surface area contributed by atoms with Crippen molar-refractivity contribution in [2.45, 2.75) is 18.9 Å². The average Bonchev–Trinajstić information content (AvgIpc) is 2.49. The second-order valence-electron chi connectivity index (χ2n) is 4.22. The van der Waals surface area contributed by atoms with E-state index in [1.54, 1.807) is 12.1 Å². The summed E-state index contributed by atoms with van der Waals surface area (Å²) in [5, 5.41) is 11.4. The molecule has 1 rings (SSSR count). The number of hydrogen-bond donors (Lipinski definition) is 2. The fourth-order valence-corrected chi connectivity index (χ4v) is 1.91. The monoisotopic (exact) mass is 297 g/mol. The number of carboxylic acids is 1. The third kappa shape index (κ3) is 4.55. The zero-order chi connectivity index (χ0) is 15.8. The average molecular weight is 297 g/mol. The second kappa shape index (κ2) is 7.98. The summed E-state index contributed by atoms with van der Waals surface area (Å²) in [4.78, 5) is 22.2. The van der Waals surface area contributed by atoms with Gasteiger partial charge in [-0.1, -0.05) is 12.1 Å². The molecule has 2 N–H and O–H groups in total. The SMILES string of the molecule is COC(=O)NC(CCc1cccc(OC)c1OC)C(=O)O. The van der Waals surface area contributed by atoms with Crippen molar-refractivity contribution in [3.05, 3.63) is 23.8 Å². The number of ether oxygens (including phenoxy) is 3. The third-order valence-electron chi connectivity index (χ3n) is 2.96. The van der Waals surface area contributed by atoms with Gasteiger partial charge in [0.15, 0.2) is 11.5 Å². The Hall–Kier alpha value is -2.44. The molecule has 116 valence electrons. The number of hydrogen-bond acceptors (Lipinski definition) is 5. The van der Waals surface area contributed by atoms with Crippen LogP contribution in [0.3, 0.4) is 0 Å². The number of alkyl carbamates (subject to hydrolysis) is 1. The van der Waals surface area contributed by atoms with Crippen molar-refractivity contribution >= 4 is 12.1 Å². The molecule has 1 atom stereocenters. The lowest BCUT2D eigenvalue weighted by atomic mass is 10.0. The molecule has 0 saturated carbocycles. The summed E-state index contributed by atoms with van der Waals surface area (Å²) < 4.78 is 14.9. The van der Waals surface area contributed by atoms with E-state index in [9.17, 15) is 9.59 Å². The maximum atomic E-state index is 11.1. The summed E-state index contributed by atoms with van der Waals surface area (Å²) in [6.07, 6.45) is -0.171. The Morgan fingerprint density at radius 2 is 1.95 bits per heavy atom. The molecule has 0 aromatic heterocycles. The van der Waals surface area contributed by atoms with Crippen molar-refractivity contribution in [3.63, 3.8) is 0 Å². The van der Waals surface area contributed by atoms with Crippen LogP contribution in [0.25, 0.3) is 0 Å². The van der Waals surface area contributed by atoms with Crippen LogP contribution < -0.4 is 14.8 Å². The molecule has 0 saturated heterocycles. The number of para-hydroxylation sites is 1. The fourth-order valence-electron chi connectivity index (χ4n) is 1.91. The lowest BCUT2D eigenvalue weighted by Gasteiger charge is -2.16. The lowest BCUT2D eigenvalue weighted by molar-refractivity contribution is -0.139. The Labute approximate surface area is 122 Å². The number of aryl methyl sites for hydroxylation is 1. The van der Waals surface area contributed by atoms with Gasteiger partial charge in [-0.3, -0.25) is 0 Å². The van der Waals surface area contributed by atoms with E-state index >= 15 is 0 Å². The first-order chi connectivity index (χ1) is 10.0. The predicted octanol–water partition coefficient (Wildman–Crippen LogP) is 1.45. The zero-order valence-corrected chi connectivity index (χ0v) is 12.2. The van der Waals surface area contributed by atoms with E-state index in [-0.39, 0.29) is 6.42 Å². The van der Waals surface area contributed by atoms with E-state index in [0.717, 1.165) is 5.56 Å². The normalized spacial score (nSPS) is 11.4. The molecule has 0 aliphatic carbocycles. The number of rotatable bonds is 7. The molecule has 0 aliphatic heterocycles. The molecule has 0 spiro atoms. The number of nitrogens with one attached hydrogen (secondary N) is 1. The summed E-state index contributed by atoms with van der Waals surface area (Å²) in [5.41, 5.74) is 0.801. The molecule has 0 fully saturated rings. The molecule has 1 unspecified atom stereocenters. The smallest absolute Gasteiger partial charge is 0.407 e. The van der Waals surface area contributed by atoms with Crippen molar-refractivity contribution in [3.8, 4) is 11.5 Å². The van der Waals surface area contributed by atoms with Crippen molar-refractivity contribution in [1.82, 2.24) is 5.32 Å². The first-order valence-corrected chi connectivity index (χ1v) is 6.30. The van der Waals surface area contributed by atoms with Crippen LogP contribution >= 0.6 is 0 Å². The third-order valence-corrected chi connectivity index (χ3v) is 2.96. The van der Waals surface area contributed by atoms with Crippen LogP contribution in [0, 0.1) is 0 Å². The zero-order valence-electron chi connectivity index (χ0n) is 12.2. The number of benzene rings is 1. The van der Waals surface area contributed by atoms with E-state index in [1.807, 2.05) is 6.07 Å². The first-order valence-electron chi connectivity index (χ1n) is 6.30. The second-order valence-corrected chi connectivity index (χ2v) is 4.22. The van der Waals surface area contributed by atoms with E-state index < -0.39 is 18.1 Å². The number of carboxylic acid groups (broad SMARTS) is 1. The van der Waals surface area contributed by atoms with Crippen molar-refractivity contribution in [2.24, 2.45) is 0 Å². The molecule has 1 amide bonds. The van der Waals surface area contributed by atoms with E-state index in [0.29, 0.717) is 17.9 Å². The molecule has 7 nitrogen and oxygen atoms in total. The summed E-state index contributed by atoms with van der Waals surface area (Å²) in [5.74, 6) is 0.00673. The van der Waals surface area contributed by atoms with Crippen LogP contribution in [-0.4, -0.2) is 44.5 Å². The molecule has 21 heavy (non-hydrogen) atoms. The maximum Gasteiger partial charge on any atom is 0.407 e. The molecule has 1 aromatic rings. The predicted molar refractivity (Wildman–Crippen MR) is 74.8 cm³/mol. The standard InChI is InChI=1S/C14H19NO6/c1-19-11-6-4-5-9(12(11)20-2)7-8-10(13(16)17)15-14(18)21-3/h4-6,10H,7-8H2,1-3H3,(H,15,18)(H,16,17). The van der Waals surface area contributed by atoms with Gasteiger partial charge in [-0.15, -0.1) is 0 Å². The van der Waals surface area contributed by atoms with E-state index in [4.69, 9.17) is 14.6 Å². The molecule has 0 aliphatic rings. The van der Waals surface area contributed by atoms with Gasteiger partial charge in [-0.05, 0) is 24.5 Å². The Balaban J connectivity index is 2.80. The van der Waals surface area contributed by atoms with Crippen LogP contribution in [0.15, 0.2) is 18.2 Å². The molecule has 0 radical (unpaired) electrons. The van der Waals surface area contributed by atoms with Gasteiger partial charge in [0.1, 0.15) is 6.04 Å². The highest BCUT2D eigenvalue weighted by molar-refractivity contribution is 5.79. The minimum atomic E-state index is -1.12. The minimum absolute atomic E-state index is 0.202. The van der Waals surface area contributed by atoms with Gasteiger partial charge in [0.25, 0.3) is 0 Å². The summed E-state index contributed by atoms with van der Waals surface area (Å²) >= 11 is 0. The first kappa shape index (κ1) is 16.6.